The summed E-state index contributed by atoms with van der Waals surface area (Å²) in [5.41, 5.74) is 14.0. The summed E-state index contributed by atoms with van der Waals surface area (Å²) in [6.07, 6.45) is 7.85. The van der Waals surface area contributed by atoms with E-state index in [9.17, 15) is 0 Å². The number of para-hydroxylation sites is 3. The number of allylic oxidation sites excluding steroid dienone is 2. The zero-order valence-electron chi connectivity index (χ0n) is 32.5. The van der Waals surface area contributed by atoms with Crippen LogP contribution in [0.3, 0.4) is 0 Å². The third-order valence-electron chi connectivity index (χ3n) is 13.8. The number of rotatable bonds is 4. The summed E-state index contributed by atoms with van der Waals surface area (Å²) < 4.78 is 14.2. The van der Waals surface area contributed by atoms with E-state index in [0.29, 0.717) is 0 Å². The summed E-state index contributed by atoms with van der Waals surface area (Å²) in [6.45, 7) is 0. The Morgan fingerprint density at radius 3 is 1.68 bits per heavy atom. The van der Waals surface area contributed by atoms with Crippen molar-refractivity contribution in [3.63, 3.8) is 0 Å². The lowest BCUT2D eigenvalue weighted by Gasteiger charge is -2.23. The molecule has 1 aliphatic heterocycles. The van der Waals surface area contributed by atoms with Crippen LogP contribution in [-0.4, -0.2) is 10.6 Å². The molecule has 0 amide bonds. The van der Waals surface area contributed by atoms with Crippen molar-refractivity contribution in [3.05, 3.63) is 205 Å². The van der Waals surface area contributed by atoms with E-state index in [2.05, 4.69) is 199 Å². The molecule has 60 heavy (non-hydrogen) atoms. The number of hydrogen-bond acceptors (Lipinski definition) is 2. The van der Waals surface area contributed by atoms with Gasteiger partial charge in [-0.1, -0.05) is 158 Å². The molecule has 2 aromatic heterocycles. The average Bonchev–Trinajstić information content (AvgIpc) is 3.49. The molecule has 2 unspecified atom stereocenters. The summed E-state index contributed by atoms with van der Waals surface area (Å²) in [6, 6.07) is 63.9. The highest BCUT2D eigenvalue weighted by atomic mass is 16.5. The Balaban J connectivity index is 0.866. The van der Waals surface area contributed by atoms with Gasteiger partial charge < -0.3 is 14.1 Å². The van der Waals surface area contributed by atoms with Crippen LogP contribution < -0.4 is 4.74 Å². The normalized spacial score (nSPS) is 18.9. The summed E-state index contributed by atoms with van der Waals surface area (Å²) in [4.78, 5) is 3.70. The maximum absolute atomic E-state index is 7.27. The summed E-state index contributed by atoms with van der Waals surface area (Å²) >= 11 is 0. The molecule has 1 saturated carbocycles. The quantitative estimate of drug-likeness (QED) is 0.194. The van der Waals surface area contributed by atoms with E-state index >= 15 is 0 Å². The van der Waals surface area contributed by atoms with Gasteiger partial charge in [0.15, 0.2) is 0 Å². The second kappa shape index (κ2) is 11.5. The Kier molecular flexibility index (Phi) is 6.21. The second-order valence-corrected chi connectivity index (χ2v) is 16.9. The van der Waals surface area contributed by atoms with Crippen molar-refractivity contribution < 1.29 is 9.15 Å². The van der Waals surface area contributed by atoms with E-state index < -0.39 is 5.60 Å². The molecule has 0 bridgehead atoms. The first-order valence-electron chi connectivity index (χ1n) is 20.9. The Hall–Kier alpha value is -7.62. The van der Waals surface area contributed by atoms with Crippen molar-refractivity contribution >= 4 is 70.9 Å². The van der Waals surface area contributed by atoms with Gasteiger partial charge in [-0.2, -0.15) is 0 Å². The lowest BCUT2D eigenvalue weighted by atomic mass is 9.83. The molecule has 3 heterocycles. The van der Waals surface area contributed by atoms with E-state index in [1.807, 2.05) is 0 Å². The molecular weight excluding hydrogens is 731 g/mol. The minimum absolute atomic E-state index is 0.151. The fourth-order valence-corrected chi connectivity index (χ4v) is 10.9. The topological polar surface area (TPSA) is 38.2 Å². The van der Waals surface area contributed by atoms with E-state index in [1.165, 1.54) is 49.0 Å². The van der Waals surface area contributed by atoms with Crippen LogP contribution >= 0.6 is 0 Å². The van der Waals surface area contributed by atoms with Crippen LogP contribution in [0.25, 0.3) is 104 Å². The largest absolute Gasteiger partial charge is 0.480 e. The van der Waals surface area contributed by atoms with Crippen LogP contribution in [-0.2, 0) is 5.41 Å². The van der Waals surface area contributed by atoms with Crippen LogP contribution in [0.5, 0.6) is 5.75 Å². The monoisotopic (exact) mass is 765 g/mol. The first kappa shape index (κ1) is 32.3. The molecule has 2 atom stereocenters. The van der Waals surface area contributed by atoms with Gasteiger partial charge in [-0.15, -0.1) is 0 Å². The SMILES string of the molecule is C1=CC23CC2(Oc2c(-c4ccc5[nH]c6ccc(-c7cccc8c7oc7c(-c9ccc%10ccccc%10c9)cccc78)cc6c5c4)cccc23)C(c2ccc3ccccc3c2)=C1. The Morgan fingerprint density at radius 1 is 0.450 bits per heavy atom. The van der Waals surface area contributed by atoms with Crippen molar-refractivity contribution in [2.45, 2.75) is 17.4 Å². The lowest BCUT2D eigenvalue weighted by molar-refractivity contribution is 0.246. The molecule has 9 aromatic carbocycles. The minimum Gasteiger partial charge on any atom is -0.480 e. The molecule has 3 nitrogen and oxygen atoms in total. The predicted molar refractivity (Wildman–Crippen MR) is 248 cm³/mol. The average molecular weight is 766 g/mol. The maximum atomic E-state index is 7.27. The van der Waals surface area contributed by atoms with Gasteiger partial charge in [0.05, 0.1) is 5.41 Å². The van der Waals surface area contributed by atoms with Crippen molar-refractivity contribution in [2.75, 3.05) is 0 Å². The van der Waals surface area contributed by atoms with Crippen LogP contribution in [0, 0.1) is 0 Å². The molecule has 1 fully saturated rings. The van der Waals surface area contributed by atoms with Crippen LogP contribution in [0.2, 0.25) is 0 Å². The zero-order valence-corrected chi connectivity index (χ0v) is 32.5. The smallest absolute Gasteiger partial charge is 0.149 e. The van der Waals surface area contributed by atoms with E-state index in [4.69, 9.17) is 9.15 Å². The number of benzene rings is 9. The second-order valence-electron chi connectivity index (χ2n) is 16.9. The maximum Gasteiger partial charge on any atom is 0.149 e. The Labute approximate surface area is 345 Å². The summed E-state index contributed by atoms with van der Waals surface area (Å²) in [5.74, 6) is 1.00. The van der Waals surface area contributed by atoms with Crippen molar-refractivity contribution in [1.29, 1.82) is 0 Å². The lowest BCUT2D eigenvalue weighted by Crippen LogP contribution is -2.26. The van der Waals surface area contributed by atoms with Crippen LogP contribution in [0.4, 0.5) is 0 Å². The third kappa shape index (κ3) is 4.28. The van der Waals surface area contributed by atoms with Crippen LogP contribution in [0.1, 0.15) is 17.5 Å². The summed E-state index contributed by atoms with van der Waals surface area (Å²) in [7, 11) is 0. The highest BCUT2D eigenvalue weighted by molar-refractivity contribution is 6.15. The molecule has 0 spiro atoms. The molecule has 0 radical (unpaired) electrons. The Bertz CT molecular complexity index is 3750. The Morgan fingerprint density at radius 2 is 1.00 bits per heavy atom. The molecule has 14 rings (SSSR count). The van der Waals surface area contributed by atoms with Crippen LogP contribution in [0.15, 0.2) is 199 Å². The van der Waals surface area contributed by atoms with Gasteiger partial charge >= 0.3 is 0 Å². The molecule has 3 aliphatic rings. The highest BCUT2D eigenvalue weighted by Gasteiger charge is 2.76. The van der Waals surface area contributed by atoms with E-state index in [0.717, 1.165) is 78.5 Å². The molecule has 2 aliphatic carbocycles. The van der Waals surface area contributed by atoms with E-state index in [1.54, 1.807) is 0 Å². The van der Waals surface area contributed by atoms with Crippen molar-refractivity contribution in [1.82, 2.24) is 4.98 Å². The third-order valence-corrected chi connectivity index (χ3v) is 13.8. The number of nitrogens with one attached hydrogen (secondary N) is 1. The summed E-state index contributed by atoms with van der Waals surface area (Å²) in [5, 5.41) is 9.57. The molecule has 3 heteroatoms. The first-order chi connectivity index (χ1) is 29.6. The highest BCUT2D eigenvalue weighted by Crippen LogP contribution is 2.74. The van der Waals surface area contributed by atoms with Gasteiger partial charge in [-0.25, -0.2) is 0 Å². The number of ether oxygens (including phenoxy) is 1. The van der Waals surface area contributed by atoms with Gasteiger partial charge in [-0.3, -0.25) is 0 Å². The number of fused-ring (bicyclic) bond motifs is 9. The minimum atomic E-state index is -0.393. The number of H-pyrrole nitrogens is 1. The molecule has 0 saturated heterocycles. The zero-order chi connectivity index (χ0) is 39.2. The van der Waals surface area contributed by atoms with Gasteiger partial charge in [0, 0.05) is 66.8 Å². The van der Waals surface area contributed by atoms with Crippen molar-refractivity contribution in [2.24, 2.45) is 0 Å². The number of aromatic nitrogens is 1. The van der Waals surface area contributed by atoms with Crippen molar-refractivity contribution in [3.8, 4) is 39.1 Å². The fourth-order valence-electron chi connectivity index (χ4n) is 10.9. The number of furan rings is 1. The van der Waals surface area contributed by atoms with Gasteiger partial charge in [-0.05, 0) is 80.2 Å². The first-order valence-corrected chi connectivity index (χ1v) is 20.9. The standard InChI is InChI=1S/C57H35NO2/c1-3-11-36-29-38(22-20-34(36)9-1)42-13-5-16-45-46-17-6-14-43(54(46)59-53(42)45)39-24-26-51-47(31-39)48-32-40(25-27-52(48)58-51)44-15-7-18-50-55(44)60-57-33-56(50,57)28-8-19-49(57)41-23-21-35-10-2-4-12-37(35)30-41/h1-32,58H,33H2. The van der Waals surface area contributed by atoms with Gasteiger partial charge in [0.2, 0.25) is 0 Å². The molecule has 280 valence electrons. The number of aromatic amines is 1. The molecule has 11 aromatic rings. The molecular formula is C57H35NO2. The molecule has 1 N–H and O–H groups in total. The van der Waals surface area contributed by atoms with E-state index in [-0.39, 0.29) is 5.41 Å². The predicted octanol–water partition coefficient (Wildman–Crippen LogP) is 15.0. The number of hydrogen-bond donors (Lipinski definition) is 1. The fraction of sp³-hybridized carbons (Fsp3) is 0.0526. The van der Waals surface area contributed by atoms with Gasteiger partial charge in [0.25, 0.3) is 0 Å². The van der Waals surface area contributed by atoms with Gasteiger partial charge in [0.1, 0.15) is 22.5 Å².